The number of aryl methyl sites for hydroxylation is 1. The van der Waals surface area contributed by atoms with Crippen molar-refractivity contribution in [1.29, 1.82) is 0 Å². The van der Waals surface area contributed by atoms with Crippen molar-refractivity contribution in [3.05, 3.63) is 42.2 Å². The van der Waals surface area contributed by atoms with Crippen LogP contribution < -0.4 is 0 Å². The van der Waals surface area contributed by atoms with Crippen molar-refractivity contribution >= 4 is 5.91 Å². The average Bonchev–Trinajstić information content (AvgIpc) is 3.17. The predicted molar refractivity (Wildman–Crippen MR) is 87.6 cm³/mol. The number of amides is 1. The topological polar surface area (TPSA) is 82.4 Å². The van der Waals surface area contributed by atoms with Crippen molar-refractivity contribution < 1.29 is 14.3 Å². The molecule has 2 aromatic rings. The largest absolute Gasteiger partial charge is 0.374 e. The number of fused-ring (bicyclic) bond motifs is 2. The minimum absolute atomic E-state index is 0.00866. The summed E-state index contributed by atoms with van der Waals surface area (Å²) in [5.41, 5.74) is 1.06. The highest BCUT2D eigenvalue weighted by Crippen LogP contribution is 2.33. The minimum Gasteiger partial charge on any atom is -0.374 e. The summed E-state index contributed by atoms with van der Waals surface area (Å²) in [7, 11) is 1.75. The van der Waals surface area contributed by atoms with E-state index in [2.05, 4.69) is 15.1 Å². The van der Waals surface area contributed by atoms with Crippen molar-refractivity contribution in [2.45, 2.75) is 37.7 Å². The van der Waals surface area contributed by atoms with Gasteiger partial charge in [-0.05, 0) is 30.5 Å². The molecule has 3 atom stereocenters. The number of carbonyl (C=O) groups excluding carboxylic acids is 1. The number of rotatable bonds is 4. The quantitative estimate of drug-likeness (QED) is 0.817. The number of nitrogens with zero attached hydrogens (tertiary/aromatic N) is 5. The zero-order chi connectivity index (χ0) is 17.2. The summed E-state index contributed by atoms with van der Waals surface area (Å²) in [5, 5.41) is 4.14. The molecule has 3 unspecified atom stereocenters. The Hall–Kier alpha value is -2.32. The van der Waals surface area contributed by atoms with Crippen molar-refractivity contribution in [3.8, 4) is 0 Å². The van der Waals surface area contributed by atoms with Gasteiger partial charge in [0.05, 0.1) is 25.4 Å². The van der Waals surface area contributed by atoms with Gasteiger partial charge in [-0.1, -0.05) is 0 Å². The van der Waals surface area contributed by atoms with Crippen LogP contribution in [0, 0.1) is 0 Å². The second-order valence-electron chi connectivity index (χ2n) is 6.43. The number of ether oxygens (including phenoxy) is 2. The maximum atomic E-state index is 12.8. The lowest BCUT2D eigenvalue weighted by atomic mass is 10.1. The van der Waals surface area contributed by atoms with Gasteiger partial charge in [-0.3, -0.25) is 14.5 Å². The van der Waals surface area contributed by atoms with Crippen LogP contribution in [-0.2, 0) is 23.1 Å². The Morgan fingerprint density at radius 1 is 1.36 bits per heavy atom. The molecule has 2 aromatic heterocycles. The fourth-order valence-electron chi connectivity index (χ4n) is 3.60. The molecule has 1 saturated heterocycles. The Morgan fingerprint density at radius 3 is 2.96 bits per heavy atom. The first-order chi connectivity index (χ1) is 12.2. The molecule has 2 aliphatic rings. The fraction of sp³-hybridized carbons (Fsp3) is 0.529. The molecule has 132 valence electrons. The molecule has 4 rings (SSSR count). The maximum Gasteiger partial charge on any atom is 0.293 e. The highest BCUT2D eigenvalue weighted by Gasteiger charge is 2.45. The van der Waals surface area contributed by atoms with Gasteiger partial charge in [-0.25, -0.2) is 4.98 Å². The molecule has 0 aromatic carbocycles. The highest BCUT2D eigenvalue weighted by atomic mass is 16.5. The Balaban J connectivity index is 1.50. The first-order valence-electron chi connectivity index (χ1n) is 8.51. The molecule has 8 heteroatoms. The van der Waals surface area contributed by atoms with Gasteiger partial charge in [0, 0.05) is 26.0 Å². The van der Waals surface area contributed by atoms with Gasteiger partial charge >= 0.3 is 0 Å². The van der Waals surface area contributed by atoms with Crippen molar-refractivity contribution in [1.82, 2.24) is 24.6 Å². The van der Waals surface area contributed by atoms with E-state index in [4.69, 9.17) is 9.47 Å². The number of pyridine rings is 1. The molecule has 2 fully saturated rings. The Kier molecular flexibility index (Phi) is 4.46. The summed E-state index contributed by atoms with van der Waals surface area (Å²) in [6.07, 6.45) is 6.69. The second-order valence-corrected chi connectivity index (χ2v) is 6.43. The van der Waals surface area contributed by atoms with Crippen LogP contribution in [-0.4, -0.2) is 62.0 Å². The van der Waals surface area contributed by atoms with Crippen LogP contribution in [0.1, 0.15) is 29.0 Å². The van der Waals surface area contributed by atoms with Gasteiger partial charge in [0.2, 0.25) is 5.82 Å². The molecule has 25 heavy (non-hydrogen) atoms. The Bertz CT molecular complexity index is 735. The summed E-state index contributed by atoms with van der Waals surface area (Å²) in [6.45, 7) is 1.52. The van der Waals surface area contributed by atoms with Crippen LogP contribution in [0.15, 0.2) is 30.9 Å². The van der Waals surface area contributed by atoms with Gasteiger partial charge < -0.3 is 14.4 Å². The van der Waals surface area contributed by atoms with Crippen molar-refractivity contribution in [3.63, 3.8) is 0 Å². The van der Waals surface area contributed by atoms with Gasteiger partial charge in [0.1, 0.15) is 12.4 Å². The normalized spacial score (nSPS) is 25.8. The molecular formula is C17H21N5O3. The zero-order valence-corrected chi connectivity index (χ0v) is 14.1. The molecule has 0 spiro atoms. The smallest absolute Gasteiger partial charge is 0.293 e. The molecule has 8 nitrogen and oxygen atoms in total. The van der Waals surface area contributed by atoms with Gasteiger partial charge in [0.25, 0.3) is 5.91 Å². The predicted octanol–water partition coefficient (Wildman–Crippen LogP) is 0.799. The van der Waals surface area contributed by atoms with Gasteiger partial charge in [0.15, 0.2) is 0 Å². The third kappa shape index (κ3) is 3.27. The Labute approximate surface area is 145 Å². The van der Waals surface area contributed by atoms with E-state index in [-0.39, 0.29) is 30.0 Å². The van der Waals surface area contributed by atoms with Crippen LogP contribution >= 0.6 is 0 Å². The minimum atomic E-state index is -0.158. The van der Waals surface area contributed by atoms with Gasteiger partial charge in [-0.2, -0.15) is 0 Å². The number of hydrogen-bond donors (Lipinski definition) is 0. The molecule has 1 aliphatic carbocycles. The molecule has 2 bridgehead atoms. The van der Waals surface area contributed by atoms with Crippen LogP contribution in [0.3, 0.4) is 0 Å². The van der Waals surface area contributed by atoms with Gasteiger partial charge in [-0.15, -0.1) is 5.10 Å². The molecule has 0 N–H and O–H groups in total. The first-order valence-corrected chi connectivity index (χ1v) is 8.51. The van der Waals surface area contributed by atoms with E-state index < -0.39 is 0 Å². The Morgan fingerprint density at radius 2 is 2.20 bits per heavy atom. The molecule has 0 radical (unpaired) electrons. The summed E-state index contributed by atoms with van der Waals surface area (Å²) in [4.78, 5) is 22.8. The van der Waals surface area contributed by atoms with E-state index in [9.17, 15) is 4.79 Å². The monoisotopic (exact) mass is 343 g/mol. The summed E-state index contributed by atoms with van der Waals surface area (Å²) >= 11 is 0. The molecular weight excluding hydrogens is 322 g/mol. The highest BCUT2D eigenvalue weighted by molar-refractivity contribution is 5.90. The van der Waals surface area contributed by atoms with E-state index in [1.54, 1.807) is 19.4 Å². The molecule has 1 aliphatic heterocycles. The van der Waals surface area contributed by atoms with Crippen LogP contribution in [0.4, 0.5) is 0 Å². The van der Waals surface area contributed by atoms with E-state index in [1.165, 1.54) is 11.0 Å². The van der Waals surface area contributed by atoms with Crippen molar-refractivity contribution in [2.75, 3.05) is 13.2 Å². The summed E-state index contributed by atoms with van der Waals surface area (Å²) < 4.78 is 13.6. The first kappa shape index (κ1) is 16.2. The third-order valence-corrected chi connectivity index (χ3v) is 4.80. The van der Waals surface area contributed by atoms with E-state index >= 15 is 0 Å². The number of carbonyl (C=O) groups is 1. The zero-order valence-electron chi connectivity index (χ0n) is 14.1. The van der Waals surface area contributed by atoms with E-state index in [1.807, 2.05) is 17.0 Å². The lowest BCUT2D eigenvalue weighted by Crippen LogP contribution is -2.46. The van der Waals surface area contributed by atoms with Crippen LogP contribution in [0.5, 0.6) is 0 Å². The average molecular weight is 343 g/mol. The fourth-order valence-corrected chi connectivity index (χ4v) is 3.60. The lowest BCUT2D eigenvalue weighted by molar-refractivity contribution is -0.0598. The van der Waals surface area contributed by atoms with E-state index in [0.717, 1.165) is 18.4 Å². The standard InChI is InChI=1S/C17H21N5O3/c1-21-11-19-16(20-21)17(23)22-8-9-24-14-3-2-13(22)15(14)25-10-12-4-6-18-7-5-12/h4-7,11,13-15H,2-3,8-10H2,1H3. The van der Waals surface area contributed by atoms with Crippen molar-refractivity contribution in [2.24, 2.45) is 7.05 Å². The summed E-state index contributed by atoms with van der Waals surface area (Å²) in [5.74, 6) is 0.0648. The van der Waals surface area contributed by atoms with E-state index in [0.29, 0.717) is 19.8 Å². The SMILES string of the molecule is Cn1cnc(C(=O)N2CCOC3CCC2C3OCc2ccncc2)n1. The number of aromatic nitrogens is 4. The molecule has 1 amide bonds. The maximum absolute atomic E-state index is 12.8. The molecule has 1 saturated carbocycles. The number of hydrogen-bond acceptors (Lipinski definition) is 6. The summed E-state index contributed by atoms with van der Waals surface area (Å²) in [6, 6.07) is 3.85. The van der Waals surface area contributed by atoms with Crippen LogP contribution in [0.25, 0.3) is 0 Å². The van der Waals surface area contributed by atoms with Crippen LogP contribution in [0.2, 0.25) is 0 Å². The lowest BCUT2D eigenvalue weighted by Gasteiger charge is -2.30. The third-order valence-electron chi connectivity index (χ3n) is 4.80. The second kappa shape index (κ2) is 6.89. The molecule has 3 heterocycles.